The number of hydrogen-bond acceptors (Lipinski definition) is 4. The largest absolute Gasteiger partial charge is 0.456 e. The minimum Gasteiger partial charge on any atom is -0.456 e. The second-order valence-electron chi connectivity index (χ2n) is 11.7. The summed E-state index contributed by atoms with van der Waals surface area (Å²) < 4.78 is 6.49. The van der Waals surface area contributed by atoms with Crippen LogP contribution < -0.4 is 0 Å². The summed E-state index contributed by atoms with van der Waals surface area (Å²) in [7, 11) is 0. The molecule has 0 saturated heterocycles. The molecule has 0 aliphatic rings. The van der Waals surface area contributed by atoms with Crippen molar-refractivity contribution in [2.75, 3.05) is 0 Å². The molecule has 4 nitrogen and oxygen atoms in total. The Kier molecular flexibility index (Phi) is 6.43. The van der Waals surface area contributed by atoms with Crippen LogP contribution in [0.3, 0.4) is 0 Å². The van der Waals surface area contributed by atoms with E-state index in [0.29, 0.717) is 17.5 Å². The molecule has 47 heavy (non-hydrogen) atoms. The van der Waals surface area contributed by atoms with Crippen molar-refractivity contribution >= 4 is 32.7 Å². The summed E-state index contributed by atoms with van der Waals surface area (Å²) in [5.74, 6) is 1.87. The van der Waals surface area contributed by atoms with Crippen LogP contribution in [0, 0.1) is 0 Å². The smallest absolute Gasteiger partial charge is 0.164 e. The van der Waals surface area contributed by atoms with E-state index in [2.05, 4.69) is 91.0 Å². The van der Waals surface area contributed by atoms with Gasteiger partial charge in [0.05, 0.1) is 0 Å². The Bertz CT molecular complexity index is 2500. The van der Waals surface area contributed by atoms with Crippen LogP contribution in [0.2, 0.25) is 0 Å². The van der Waals surface area contributed by atoms with E-state index in [9.17, 15) is 0 Å². The highest BCUT2D eigenvalue weighted by molar-refractivity contribution is 6.07. The second kappa shape index (κ2) is 11.2. The predicted molar refractivity (Wildman–Crippen MR) is 192 cm³/mol. The normalized spacial score (nSPS) is 11.4. The van der Waals surface area contributed by atoms with Gasteiger partial charge in [0.1, 0.15) is 11.2 Å². The van der Waals surface area contributed by atoms with Crippen molar-refractivity contribution in [2.45, 2.75) is 0 Å². The van der Waals surface area contributed by atoms with Crippen molar-refractivity contribution in [1.82, 2.24) is 15.0 Å². The maximum Gasteiger partial charge on any atom is 0.164 e. The fourth-order valence-corrected chi connectivity index (χ4v) is 6.27. The highest BCUT2D eigenvalue weighted by atomic mass is 16.3. The van der Waals surface area contributed by atoms with Crippen LogP contribution in [0.4, 0.5) is 0 Å². The van der Waals surface area contributed by atoms with Crippen molar-refractivity contribution in [3.8, 4) is 56.4 Å². The van der Waals surface area contributed by atoms with E-state index < -0.39 is 0 Å². The molecule has 0 unspecified atom stereocenters. The second-order valence-corrected chi connectivity index (χ2v) is 11.7. The van der Waals surface area contributed by atoms with Gasteiger partial charge in [-0.3, -0.25) is 0 Å². The lowest BCUT2D eigenvalue weighted by molar-refractivity contribution is 0.669. The summed E-state index contributed by atoms with van der Waals surface area (Å²) >= 11 is 0. The summed E-state index contributed by atoms with van der Waals surface area (Å²) in [5.41, 5.74) is 9.11. The van der Waals surface area contributed by atoms with Crippen molar-refractivity contribution in [2.24, 2.45) is 0 Å². The Labute approximate surface area is 271 Å². The number of aromatic nitrogens is 3. The highest BCUT2D eigenvalue weighted by Gasteiger charge is 2.15. The highest BCUT2D eigenvalue weighted by Crippen LogP contribution is 2.36. The molecule has 0 aliphatic heterocycles. The van der Waals surface area contributed by atoms with E-state index in [-0.39, 0.29) is 0 Å². The van der Waals surface area contributed by atoms with Crippen LogP contribution >= 0.6 is 0 Å². The van der Waals surface area contributed by atoms with Crippen LogP contribution in [0.5, 0.6) is 0 Å². The molecule has 2 heterocycles. The first kappa shape index (κ1) is 27.0. The quantitative estimate of drug-likeness (QED) is 0.197. The summed E-state index contributed by atoms with van der Waals surface area (Å²) in [6.45, 7) is 0. The molecule has 0 fully saturated rings. The molecule has 9 rings (SSSR count). The van der Waals surface area contributed by atoms with Crippen molar-refractivity contribution in [3.63, 3.8) is 0 Å². The van der Waals surface area contributed by atoms with Gasteiger partial charge < -0.3 is 4.42 Å². The molecule has 4 heteroatoms. The van der Waals surface area contributed by atoms with Crippen molar-refractivity contribution < 1.29 is 4.42 Å². The fraction of sp³-hybridized carbons (Fsp3) is 0. The zero-order chi connectivity index (χ0) is 31.2. The van der Waals surface area contributed by atoms with Gasteiger partial charge in [-0.2, -0.15) is 0 Å². The Morgan fingerprint density at radius 1 is 0.298 bits per heavy atom. The van der Waals surface area contributed by atoms with Crippen molar-refractivity contribution in [1.29, 1.82) is 0 Å². The van der Waals surface area contributed by atoms with Gasteiger partial charge in [0, 0.05) is 27.5 Å². The topological polar surface area (TPSA) is 51.8 Å². The zero-order valence-electron chi connectivity index (χ0n) is 25.3. The maximum atomic E-state index is 6.49. The Balaban J connectivity index is 1.09. The Morgan fingerprint density at radius 2 is 0.681 bits per heavy atom. The molecule has 0 atom stereocenters. The first-order valence-electron chi connectivity index (χ1n) is 15.7. The first-order chi connectivity index (χ1) is 23.2. The molecule has 220 valence electrons. The third kappa shape index (κ3) is 5.02. The summed E-state index contributed by atoms with van der Waals surface area (Å²) in [5, 5.41) is 4.56. The first-order valence-corrected chi connectivity index (χ1v) is 15.7. The molecule has 0 saturated carbocycles. The van der Waals surface area contributed by atoms with Crippen LogP contribution in [-0.2, 0) is 0 Å². The van der Waals surface area contributed by atoms with Gasteiger partial charge in [-0.05, 0) is 69.4 Å². The predicted octanol–water partition coefficient (Wildman–Crippen LogP) is 11.3. The van der Waals surface area contributed by atoms with Crippen LogP contribution in [-0.4, -0.2) is 15.0 Å². The molecule has 0 N–H and O–H groups in total. The molecule has 0 bridgehead atoms. The molecular formula is C43H27N3O. The van der Waals surface area contributed by atoms with Gasteiger partial charge in [-0.1, -0.05) is 127 Å². The van der Waals surface area contributed by atoms with E-state index in [1.54, 1.807) is 0 Å². The number of benzene rings is 7. The Hall–Kier alpha value is -6.39. The fourth-order valence-electron chi connectivity index (χ4n) is 6.27. The molecule has 9 aromatic rings. The zero-order valence-corrected chi connectivity index (χ0v) is 25.3. The molecule has 7 aromatic carbocycles. The van der Waals surface area contributed by atoms with Crippen LogP contribution in [0.25, 0.3) is 89.1 Å². The van der Waals surface area contributed by atoms with Gasteiger partial charge >= 0.3 is 0 Å². The lowest BCUT2D eigenvalue weighted by atomic mass is 9.97. The van der Waals surface area contributed by atoms with Gasteiger partial charge in [0.2, 0.25) is 0 Å². The van der Waals surface area contributed by atoms with E-state index in [4.69, 9.17) is 19.4 Å². The minimum atomic E-state index is 0.604. The molecule has 0 spiro atoms. The molecular weight excluding hydrogens is 574 g/mol. The summed E-state index contributed by atoms with van der Waals surface area (Å²) in [4.78, 5) is 14.6. The van der Waals surface area contributed by atoms with E-state index >= 15 is 0 Å². The number of nitrogens with zero attached hydrogens (tertiary/aromatic N) is 3. The van der Waals surface area contributed by atoms with Crippen LogP contribution in [0.15, 0.2) is 168 Å². The third-order valence-corrected chi connectivity index (χ3v) is 8.71. The minimum absolute atomic E-state index is 0.604. The molecule has 0 aliphatic carbocycles. The summed E-state index contributed by atoms with van der Waals surface area (Å²) in [6.07, 6.45) is 0. The molecule has 0 radical (unpaired) electrons. The SMILES string of the molecule is c1ccc(-c2ccc3cc(-c4ccc5c(c4)oc4cc(-c6nc(-c7ccccc7)nc(-c7ccccc7)n6)ccc45)ccc3c2)cc1. The monoisotopic (exact) mass is 601 g/mol. The average Bonchev–Trinajstić information content (AvgIpc) is 3.52. The lowest BCUT2D eigenvalue weighted by Crippen LogP contribution is -2.00. The standard InChI is InChI=1S/C43H27N3O/c1-4-10-28(11-5-1)31-16-17-33-25-34(19-18-32(33)24-31)35-20-22-37-38-23-21-36(27-40(38)47-39(37)26-35)43-45-41(29-12-6-2-7-13-29)44-42(46-43)30-14-8-3-9-15-30/h1-27H. The lowest BCUT2D eigenvalue weighted by Gasteiger charge is -2.08. The van der Waals surface area contributed by atoms with E-state index in [1.807, 2.05) is 72.8 Å². The molecule has 2 aromatic heterocycles. The number of rotatable bonds is 5. The van der Waals surface area contributed by atoms with E-state index in [0.717, 1.165) is 49.8 Å². The summed E-state index contributed by atoms with van der Waals surface area (Å²) in [6, 6.07) is 56.5. The maximum absolute atomic E-state index is 6.49. The van der Waals surface area contributed by atoms with Gasteiger partial charge in [-0.15, -0.1) is 0 Å². The number of fused-ring (bicyclic) bond motifs is 4. The molecule has 0 amide bonds. The third-order valence-electron chi connectivity index (χ3n) is 8.71. The van der Waals surface area contributed by atoms with E-state index in [1.165, 1.54) is 21.9 Å². The number of furan rings is 1. The van der Waals surface area contributed by atoms with Crippen molar-refractivity contribution in [3.05, 3.63) is 164 Å². The van der Waals surface area contributed by atoms with Crippen LogP contribution in [0.1, 0.15) is 0 Å². The average molecular weight is 602 g/mol. The van der Waals surface area contributed by atoms with Gasteiger partial charge in [0.15, 0.2) is 17.5 Å². The number of hydrogen-bond donors (Lipinski definition) is 0. The Morgan fingerprint density at radius 3 is 1.21 bits per heavy atom. The van der Waals surface area contributed by atoms with Gasteiger partial charge in [-0.25, -0.2) is 15.0 Å². The van der Waals surface area contributed by atoms with Gasteiger partial charge in [0.25, 0.3) is 0 Å².